The van der Waals surface area contributed by atoms with Crippen molar-refractivity contribution in [3.8, 4) is 0 Å². The zero-order valence-corrected chi connectivity index (χ0v) is 17.7. The highest BCUT2D eigenvalue weighted by molar-refractivity contribution is 5.92. The highest BCUT2D eigenvalue weighted by atomic mass is 19.4. The molecule has 2 aromatic rings. The number of alkyl halides is 3. The highest BCUT2D eigenvalue weighted by Crippen LogP contribution is 2.33. The molecule has 2 heterocycles. The summed E-state index contributed by atoms with van der Waals surface area (Å²) in [6.07, 6.45) is -3.70. The molecule has 0 aliphatic carbocycles. The monoisotopic (exact) mass is 439 g/mol. The Morgan fingerprint density at radius 3 is 2.52 bits per heavy atom. The van der Waals surface area contributed by atoms with E-state index in [1.165, 1.54) is 22.2 Å². The first-order valence-electron chi connectivity index (χ1n) is 9.64. The van der Waals surface area contributed by atoms with Crippen molar-refractivity contribution in [1.82, 2.24) is 20.2 Å². The number of carbonyl (C=O) groups excluding carboxylic acids is 2. The van der Waals surface area contributed by atoms with Crippen molar-refractivity contribution < 1.29 is 27.5 Å². The molecule has 1 aromatic heterocycles. The van der Waals surface area contributed by atoms with Crippen LogP contribution in [-0.2, 0) is 15.7 Å². The van der Waals surface area contributed by atoms with Gasteiger partial charge < -0.3 is 19.9 Å². The lowest BCUT2D eigenvalue weighted by Crippen LogP contribution is -2.62. The van der Waals surface area contributed by atoms with Gasteiger partial charge in [0.2, 0.25) is 5.91 Å². The predicted molar refractivity (Wildman–Crippen MR) is 108 cm³/mol. The maximum Gasteiger partial charge on any atom is 0.416 e. The van der Waals surface area contributed by atoms with Gasteiger partial charge in [-0.1, -0.05) is 0 Å². The van der Waals surface area contributed by atoms with E-state index in [0.29, 0.717) is 18.6 Å². The van der Waals surface area contributed by atoms with Crippen molar-refractivity contribution >= 4 is 28.7 Å². The van der Waals surface area contributed by atoms with E-state index in [9.17, 15) is 22.8 Å². The molecule has 0 radical (unpaired) electrons. The van der Waals surface area contributed by atoms with Crippen LogP contribution in [0.3, 0.4) is 0 Å². The third-order valence-electron chi connectivity index (χ3n) is 4.58. The van der Waals surface area contributed by atoms with Gasteiger partial charge in [0.25, 0.3) is 0 Å². The summed E-state index contributed by atoms with van der Waals surface area (Å²) in [6.45, 7) is 5.85. The fraction of sp³-hybridized carbons (Fsp3) is 0.500. The topological polar surface area (TPSA) is 87.7 Å². The van der Waals surface area contributed by atoms with Crippen molar-refractivity contribution in [2.24, 2.45) is 0 Å². The summed E-state index contributed by atoms with van der Waals surface area (Å²) in [5, 5.41) is 3.00. The largest absolute Gasteiger partial charge is 0.444 e. The van der Waals surface area contributed by atoms with Crippen LogP contribution in [0.1, 0.15) is 26.3 Å². The molecule has 0 spiro atoms. The number of anilines is 1. The average Bonchev–Trinajstić information content (AvgIpc) is 2.60. The number of carbonyl (C=O) groups is 2. The number of fused-ring (bicyclic) bond motifs is 1. The highest BCUT2D eigenvalue weighted by Gasteiger charge is 2.35. The molecule has 0 saturated carbocycles. The average molecular weight is 439 g/mol. The van der Waals surface area contributed by atoms with Crippen LogP contribution in [0.25, 0.3) is 10.9 Å². The number of likely N-dealkylation sites (N-methyl/N-ethyl adjacent to an activating group) is 1. The SMILES string of the molecule is CN(CC(=O)NC1CN(C(=O)OC(C)(C)C)C1)c1ncnc2ccc(C(F)(F)F)cc12. The van der Waals surface area contributed by atoms with Gasteiger partial charge in [0.1, 0.15) is 17.7 Å². The normalized spacial score (nSPS) is 14.9. The lowest BCUT2D eigenvalue weighted by molar-refractivity contribution is -0.137. The first-order chi connectivity index (χ1) is 14.3. The number of halogens is 3. The molecule has 0 bridgehead atoms. The number of hydrogen-bond donors (Lipinski definition) is 1. The van der Waals surface area contributed by atoms with Crippen molar-refractivity contribution in [2.75, 3.05) is 31.6 Å². The van der Waals surface area contributed by atoms with E-state index in [4.69, 9.17) is 4.74 Å². The smallest absolute Gasteiger partial charge is 0.416 e. The zero-order valence-electron chi connectivity index (χ0n) is 17.7. The fourth-order valence-electron chi connectivity index (χ4n) is 3.13. The molecule has 8 nitrogen and oxygen atoms in total. The molecule has 2 amide bonds. The lowest BCUT2D eigenvalue weighted by Gasteiger charge is -2.40. The molecule has 31 heavy (non-hydrogen) atoms. The van der Waals surface area contributed by atoms with Gasteiger partial charge in [-0.2, -0.15) is 13.2 Å². The Bertz CT molecular complexity index is 984. The number of likely N-dealkylation sites (tertiary alicyclic amines) is 1. The second-order valence-electron chi connectivity index (χ2n) is 8.43. The van der Waals surface area contributed by atoms with Crippen LogP contribution in [0.4, 0.5) is 23.8 Å². The number of aromatic nitrogens is 2. The van der Waals surface area contributed by atoms with Crippen molar-refractivity contribution in [1.29, 1.82) is 0 Å². The van der Waals surface area contributed by atoms with Gasteiger partial charge in [-0.3, -0.25) is 4.79 Å². The van der Waals surface area contributed by atoms with Crippen LogP contribution >= 0.6 is 0 Å². The maximum atomic E-state index is 13.1. The molecule has 1 aliphatic rings. The summed E-state index contributed by atoms with van der Waals surface area (Å²) in [6, 6.07) is 2.99. The molecular weight excluding hydrogens is 415 g/mol. The fourth-order valence-corrected chi connectivity index (χ4v) is 3.13. The summed E-state index contributed by atoms with van der Waals surface area (Å²) in [7, 11) is 1.56. The van der Waals surface area contributed by atoms with Crippen molar-refractivity contribution in [3.63, 3.8) is 0 Å². The summed E-state index contributed by atoms with van der Waals surface area (Å²) in [5.74, 6) is -0.120. The zero-order chi connectivity index (χ0) is 23.0. The molecule has 0 unspecified atom stereocenters. The molecule has 1 aliphatic heterocycles. The number of hydrogen-bond acceptors (Lipinski definition) is 6. The van der Waals surface area contributed by atoms with E-state index in [0.717, 1.165) is 12.1 Å². The van der Waals surface area contributed by atoms with Gasteiger partial charge >= 0.3 is 12.3 Å². The standard InChI is InChI=1S/C20H24F3N5O3/c1-19(2,3)31-18(30)28-8-13(9-28)26-16(29)10-27(4)17-14-7-12(20(21,22)23)5-6-15(14)24-11-25-17/h5-7,11,13H,8-10H2,1-4H3,(H,26,29). The van der Waals surface area contributed by atoms with Crippen LogP contribution in [0.2, 0.25) is 0 Å². The second-order valence-corrected chi connectivity index (χ2v) is 8.43. The van der Waals surface area contributed by atoms with Crippen LogP contribution in [-0.4, -0.2) is 65.2 Å². The quantitative estimate of drug-likeness (QED) is 0.788. The third-order valence-corrected chi connectivity index (χ3v) is 4.58. The van der Waals surface area contributed by atoms with Gasteiger partial charge in [0, 0.05) is 25.5 Å². The van der Waals surface area contributed by atoms with E-state index in [1.807, 2.05) is 0 Å². The first-order valence-corrected chi connectivity index (χ1v) is 9.64. The second kappa shape index (κ2) is 8.20. The minimum atomic E-state index is -4.50. The van der Waals surface area contributed by atoms with Gasteiger partial charge in [-0.05, 0) is 39.0 Å². The number of rotatable bonds is 4. The summed E-state index contributed by atoms with van der Waals surface area (Å²) >= 11 is 0. The molecule has 3 rings (SSSR count). The van der Waals surface area contributed by atoms with Gasteiger partial charge in [0.05, 0.1) is 23.7 Å². The van der Waals surface area contributed by atoms with Crippen LogP contribution in [0.5, 0.6) is 0 Å². The predicted octanol–water partition coefficient (Wildman–Crippen LogP) is 2.82. The van der Waals surface area contributed by atoms with E-state index in [1.54, 1.807) is 27.8 Å². The first kappa shape index (κ1) is 22.6. The van der Waals surface area contributed by atoms with Gasteiger partial charge in [-0.25, -0.2) is 14.8 Å². The molecule has 11 heteroatoms. The molecule has 0 atom stereocenters. The maximum absolute atomic E-state index is 13.1. The van der Waals surface area contributed by atoms with E-state index in [2.05, 4.69) is 15.3 Å². The third kappa shape index (κ3) is 5.53. The molecule has 1 aromatic carbocycles. The lowest BCUT2D eigenvalue weighted by atomic mass is 10.1. The number of amides is 2. The Balaban J connectivity index is 1.61. The van der Waals surface area contributed by atoms with Crippen molar-refractivity contribution in [2.45, 2.75) is 38.6 Å². The van der Waals surface area contributed by atoms with Crippen LogP contribution in [0, 0.1) is 0 Å². The Kier molecular flexibility index (Phi) is 5.97. The molecule has 168 valence electrons. The Morgan fingerprint density at radius 1 is 1.23 bits per heavy atom. The minimum absolute atomic E-state index is 0.120. The van der Waals surface area contributed by atoms with Gasteiger partial charge in [0.15, 0.2) is 0 Å². The van der Waals surface area contributed by atoms with E-state index >= 15 is 0 Å². The summed E-state index contributed by atoms with van der Waals surface area (Å²) < 4.78 is 44.5. The van der Waals surface area contributed by atoms with Crippen LogP contribution < -0.4 is 10.2 Å². The van der Waals surface area contributed by atoms with Gasteiger partial charge in [-0.15, -0.1) is 0 Å². The number of ether oxygens (including phenoxy) is 1. The van der Waals surface area contributed by atoms with E-state index < -0.39 is 23.4 Å². The molecular formula is C20H24F3N5O3. The van der Waals surface area contributed by atoms with Crippen LogP contribution in [0.15, 0.2) is 24.5 Å². The Labute approximate surface area is 177 Å². The Morgan fingerprint density at radius 2 is 1.90 bits per heavy atom. The summed E-state index contributed by atoms with van der Waals surface area (Å²) in [4.78, 5) is 35.3. The minimum Gasteiger partial charge on any atom is -0.444 e. The molecule has 1 saturated heterocycles. The number of nitrogens with one attached hydrogen (secondary N) is 1. The Hall–Kier alpha value is -3.11. The molecule has 1 N–H and O–H groups in total. The van der Waals surface area contributed by atoms with Crippen molar-refractivity contribution in [3.05, 3.63) is 30.1 Å². The molecule has 1 fully saturated rings. The summed E-state index contributed by atoms with van der Waals surface area (Å²) in [5.41, 5.74) is -1.07. The number of nitrogens with zero attached hydrogens (tertiary/aromatic N) is 4. The number of benzene rings is 1. The van der Waals surface area contributed by atoms with E-state index in [-0.39, 0.29) is 29.7 Å².